The van der Waals surface area contributed by atoms with Gasteiger partial charge < -0.3 is 10.2 Å². The fraction of sp³-hybridized carbons (Fsp3) is 0.857. The highest BCUT2D eigenvalue weighted by Crippen LogP contribution is 2.67. The van der Waals surface area contributed by atoms with E-state index in [-0.39, 0.29) is 5.41 Å². The van der Waals surface area contributed by atoms with Gasteiger partial charge in [-0.3, -0.25) is 0 Å². The molecule has 0 aliphatic heterocycles. The molecule has 0 amide bonds. The minimum absolute atomic E-state index is 0.234. The Morgan fingerprint density at radius 3 is 2.57 bits per heavy atom. The first-order valence-electron chi connectivity index (χ1n) is 12.5. The first-order chi connectivity index (χ1) is 13.9. The molecule has 3 saturated carbocycles. The van der Waals surface area contributed by atoms with Gasteiger partial charge in [-0.15, -0.1) is 6.42 Å². The average Bonchev–Trinajstić information content (AvgIpc) is 3.03. The first-order valence-corrected chi connectivity index (χ1v) is 12.5. The van der Waals surface area contributed by atoms with E-state index in [1.807, 2.05) is 13.8 Å². The molecule has 0 spiro atoms. The number of hydrogen-bond acceptors (Lipinski definition) is 2. The maximum Gasteiger partial charge on any atom is 0.128 e. The van der Waals surface area contributed by atoms with Gasteiger partial charge in [0.25, 0.3) is 0 Å². The van der Waals surface area contributed by atoms with Crippen LogP contribution in [0.25, 0.3) is 0 Å². The minimum Gasteiger partial charge on any atom is -0.390 e. The lowest BCUT2D eigenvalue weighted by atomic mass is 9.46. The predicted molar refractivity (Wildman–Crippen MR) is 124 cm³/mol. The number of hydrogen-bond donors (Lipinski definition) is 2. The topological polar surface area (TPSA) is 40.5 Å². The summed E-state index contributed by atoms with van der Waals surface area (Å²) in [5.41, 5.74) is 0.668. The van der Waals surface area contributed by atoms with Gasteiger partial charge in [-0.2, -0.15) is 0 Å². The van der Waals surface area contributed by atoms with Gasteiger partial charge in [-0.25, -0.2) is 0 Å². The molecule has 4 aliphatic carbocycles. The Labute approximate surface area is 184 Å². The molecule has 2 nitrogen and oxygen atoms in total. The van der Waals surface area contributed by atoms with Gasteiger partial charge >= 0.3 is 0 Å². The van der Waals surface area contributed by atoms with Crippen LogP contribution >= 0.6 is 0 Å². The molecule has 4 rings (SSSR count). The third-order valence-electron chi connectivity index (χ3n) is 10.4. The summed E-state index contributed by atoms with van der Waals surface area (Å²) in [6, 6.07) is 0. The van der Waals surface area contributed by atoms with Crippen molar-refractivity contribution >= 4 is 0 Å². The van der Waals surface area contributed by atoms with E-state index in [1.165, 1.54) is 37.7 Å². The molecule has 3 fully saturated rings. The van der Waals surface area contributed by atoms with Crippen LogP contribution in [0.3, 0.4) is 0 Å². The summed E-state index contributed by atoms with van der Waals surface area (Å²) in [5, 5.41) is 20.9. The molecule has 2 heteroatoms. The van der Waals surface area contributed by atoms with E-state index in [0.717, 1.165) is 49.4 Å². The highest BCUT2D eigenvalue weighted by molar-refractivity contribution is 5.30. The first kappa shape index (κ1) is 22.4. The normalized spacial score (nSPS) is 46.8. The predicted octanol–water partition coefficient (Wildman–Crippen LogP) is 6.12. The van der Waals surface area contributed by atoms with Crippen LogP contribution in [0.15, 0.2) is 11.6 Å². The Morgan fingerprint density at radius 1 is 1.17 bits per heavy atom. The van der Waals surface area contributed by atoms with Gasteiger partial charge in [0.05, 0.1) is 5.60 Å². The molecule has 0 saturated heterocycles. The van der Waals surface area contributed by atoms with Gasteiger partial charge in [0, 0.05) is 6.42 Å². The standard InChI is InChI=1S/C28H44O2/c1-7-28(30)17-16-26(5)20(18-28)8-9-21-23-11-10-22(19(2)12-14-25(3,4)29)27(23,6)15-13-24(21)26/h1,8,19,21-24,29-30H,9-18H2,2-6H3/t19?,21?,22-,23?,24?,26+,27-,28+/m1/s1. The van der Waals surface area contributed by atoms with Gasteiger partial charge in [-0.1, -0.05) is 38.3 Å². The Morgan fingerprint density at radius 2 is 1.90 bits per heavy atom. The third-order valence-corrected chi connectivity index (χ3v) is 10.4. The Kier molecular flexibility index (Phi) is 5.52. The van der Waals surface area contributed by atoms with Crippen LogP contribution in [-0.4, -0.2) is 21.4 Å². The molecule has 0 radical (unpaired) electrons. The van der Waals surface area contributed by atoms with Crippen LogP contribution in [0, 0.1) is 52.8 Å². The van der Waals surface area contributed by atoms with Crippen LogP contribution in [0.2, 0.25) is 0 Å². The largest absolute Gasteiger partial charge is 0.390 e. The van der Waals surface area contributed by atoms with Gasteiger partial charge in [-0.05, 0) is 112 Å². The number of fused-ring (bicyclic) bond motifs is 5. The van der Waals surface area contributed by atoms with Crippen molar-refractivity contribution in [3.8, 4) is 12.3 Å². The second kappa shape index (κ2) is 7.38. The zero-order valence-electron chi connectivity index (χ0n) is 20.0. The summed E-state index contributed by atoms with van der Waals surface area (Å²) in [6.45, 7) is 11.4. The minimum atomic E-state index is -0.921. The number of terminal acetylenes is 1. The molecule has 0 bridgehead atoms. The fourth-order valence-corrected chi connectivity index (χ4v) is 8.53. The van der Waals surface area contributed by atoms with Crippen molar-refractivity contribution in [3.63, 3.8) is 0 Å². The summed E-state index contributed by atoms with van der Waals surface area (Å²) in [7, 11) is 0. The highest BCUT2D eigenvalue weighted by Gasteiger charge is 2.59. The lowest BCUT2D eigenvalue weighted by Crippen LogP contribution is -2.52. The van der Waals surface area contributed by atoms with E-state index in [9.17, 15) is 10.2 Å². The quantitative estimate of drug-likeness (QED) is 0.431. The van der Waals surface area contributed by atoms with Crippen molar-refractivity contribution in [2.24, 2.45) is 40.4 Å². The van der Waals surface area contributed by atoms with Gasteiger partial charge in [0.15, 0.2) is 0 Å². The molecule has 0 aromatic rings. The summed E-state index contributed by atoms with van der Waals surface area (Å²) >= 11 is 0. The lowest BCUT2D eigenvalue weighted by Gasteiger charge is -2.59. The molecule has 2 N–H and O–H groups in total. The SMILES string of the molecule is C#C[C@]1(O)CC[C@@]2(C)C(=CCC3C2CC[C@@]2(C)C3CC[C@@H]2C(C)CCC(C)(C)O)C1. The molecule has 168 valence electrons. The molecule has 0 aromatic carbocycles. The summed E-state index contributed by atoms with van der Waals surface area (Å²) < 4.78 is 0. The number of rotatable bonds is 4. The average molecular weight is 413 g/mol. The molecular weight excluding hydrogens is 368 g/mol. The van der Waals surface area contributed by atoms with Crippen molar-refractivity contribution in [2.75, 3.05) is 0 Å². The third kappa shape index (κ3) is 3.59. The van der Waals surface area contributed by atoms with Gasteiger partial charge in [0.2, 0.25) is 0 Å². The summed E-state index contributed by atoms with van der Waals surface area (Å²) in [4.78, 5) is 0. The lowest BCUT2D eigenvalue weighted by molar-refractivity contribution is -0.0650. The van der Waals surface area contributed by atoms with E-state index < -0.39 is 11.2 Å². The summed E-state index contributed by atoms with van der Waals surface area (Å²) in [6.07, 6.45) is 19.3. The molecule has 4 unspecified atom stereocenters. The second-order valence-corrected chi connectivity index (χ2v) is 12.7. The van der Waals surface area contributed by atoms with Crippen molar-refractivity contribution in [1.29, 1.82) is 0 Å². The molecule has 0 heterocycles. The van der Waals surface area contributed by atoms with E-state index >= 15 is 0 Å². The van der Waals surface area contributed by atoms with Crippen LogP contribution in [0.4, 0.5) is 0 Å². The monoisotopic (exact) mass is 412 g/mol. The van der Waals surface area contributed by atoms with Crippen LogP contribution in [0.5, 0.6) is 0 Å². The van der Waals surface area contributed by atoms with Crippen LogP contribution in [-0.2, 0) is 0 Å². The number of aliphatic hydroxyl groups is 2. The van der Waals surface area contributed by atoms with E-state index in [2.05, 4.69) is 32.8 Å². The van der Waals surface area contributed by atoms with Crippen LogP contribution in [0.1, 0.15) is 98.8 Å². The molecule has 8 atom stereocenters. The number of allylic oxidation sites excluding steroid dienone is 1. The summed E-state index contributed by atoms with van der Waals surface area (Å²) in [5.74, 6) is 6.54. The Balaban J connectivity index is 1.53. The fourth-order valence-electron chi connectivity index (χ4n) is 8.53. The van der Waals surface area contributed by atoms with Crippen molar-refractivity contribution in [2.45, 2.75) is 110 Å². The van der Waals surface area contributed by atoms with Crippen molar-refractivity contribution in [3.05, 3.63) is 11.6 Å². The zero-order chi connectivity index (χ0) is 21.9. The molecule has 0 aromatic heterocycles. The Bertz CT molecular complexity index is 739. The zero-order valence-corrected chi connectivity index (χ0v) is 20.0. The maximum absolute atomic E-state index is 10.7. The van der Waals surface area contributed by atoms with Crippen LogP contribution < -0.4 is 0 Å². The van der Waals surface area contributed by atoms with E-state index in [0.29, 0.717) is 17.8 Å². The molecular formula is C28H44O2. The molecule has 30 heavy (non-hydrogen) atoms. The van der Waals surface area contributed by atoms with Gasteiger partial charge in [0.1, 0.15) is 5.60 Å². The van der Waals surface area contributed by atoms with Crippen molar-refractivity contribution < 1.29 is 10.2 Å². The molecule has 4 aliphatic rings. The maximum atomic E-state index is 10.7. The van der Waals surface area contributed by atoms with Crippen molar-refractivity contribution in [1.82, 2.24) is 0 Å². The highest BCUT2D eigenvalue weighted by atomic mass is 16.3. The van der Waals surface area contributed by atoms with E-state index in [1.54, 1.807) is 0 Å². The van der Waals surface area contributed by atoms with E-state index in [4.69, 9.17) is 6.42 Å². The second-order valence-electron chi connectivity index (χ2n) is 12.7. The smallest absolute Gasteiger partial charge is 0.128 e. The Hall–Kier alpha value is -0.780.